The van der Waals surface area contributed by atoms with Gasteiger partial charge in [0.2, 0.25) is 0 Å². The number of rotatable bonds is 22. The molecule has 0 aliphatic heterocycles. The molecule has 0 rings (SSSR count). The maximum absolute atomic E-state index is 10.8. The number of aliphatic carboxylic acids is 1. The number of carbonyl (C=O) groups is 2. The first kappa shape index (κ1) is 40.8. The van der Waals surface area contributed by atoms with Crippen LogP contribution in [-0.2, 0) is 14.3 Å². The third-order valence-corrected chi connectivity index (χ3v) is 5.93. The lowest BCUT2D eigenvalue weighted by Crippen LogP contribution is -2.20. The Morgan fingerprint density at radius 3 is 1.34 bits per heavy atom. The van der Waals surface area contributed by atoms with Crippen molar-refractivity contribution in [3.8, 4) is 0 Å². The van der Waals surface area contributed by atoms with Crippen LogP contribution in [0.1, 0.15) is 124 Å². The van der Waals surface area contributed by atoms with Gasteiger partial charge in [-0.15, -0.1) is 0 Å². The fraction of sp³-hybridized carbons (Fsp3) is 0.812. The third-order valence-electron chi connectivity index (χ3n) is 5.93. The molecule has 0 saturated carbocycles. The van der Waals surface area contributed by atoms with Crippen LogP contribution in [0.4, 0.5) is 0 Å². The lowest BCUT2D eigenvalue weighted by molar-refractivity contribution is -0.139. The van der Waals surface area contributed by atoms with Gasteiger partial charge in [0.15, 0.2) is 0 Å². The monoisotopic (exact) mass is 540 g/mol. The molecule has 0 aromatic carbocycles. The van der Waals surface area contributed by atoms with Crippen molar-refractivity contribution in [3.63, 3.8) is 0 Å². The summed E-state index contributed by atoms with van der Waals surface area (Å²) < 4.78 is 4.83. The Labute approximate surface area is 236 Å². The summed E-state index contributed by atoms with van der Waals surface area (Å²) in [7, 11) is 8.19. The first-order chi connectivity index (χ1) is 18.0. The Bertz CT molecular complexity index is 574. The highest BCUT2D eigenvalue weighted by molar-refractivity contribution is 5.87. The van der Waals surface area contributed by atoms with E-state index in [9.17, 15) is 9.59 Å². The van der Waals surface area contributed by atoms with Gasteiger partial charge in [-0.3, -0.25) is 0 Å². The van der Waals surface area contributed by atoms with Crippen molar-refractivity contribution < 1.29 is 19.4 Å². The van der Waals surface area contributed by atoms with Gasteiger partial charge in [0.25, 0.3) is 0 Å². The van der Waals surface area contributed by atoms with Crippen LogP contribution < -0.4 is 0 Å². The highest BCUT2D eigenvalue weighted by atomic mass is 16.5. The topological polar surface area (TPSA) is 70.1 Å². The van der Waals surface area contributed by atoms with E-state index in [1.54, 1.807) is 6.92 Å². The maximum atomic E-state index is 10.8. The number of unbranched alkanes of at least 4 members (excludes halogenated alkanes) is 13. The third kappa shape index (κ3) is 38.9. The van der Waals surface area contributed by atoms with Crippen LogP contribution in [0.5, 0.6) is 0 Å². The van der Waals surface area contributed by atoms with E-state index in [0.717, 1.165) is 13.0 Å². The number of esters is 1. The average Bonchev–Trinajstić information content (AvgIpc) is 2.84. The SMILES string of the molecule is C=C(C)C(=O)OCCN(C)C.C=C(CCC)C(=O)O.CCCCCCCCCCCCCCCCN(C)C. The van der Waals surface area contributed by atoms with Crippen LogP contribution >= 0.6 is 0 Å². The van der Waals surface area contributed by atoms with Gasteiger partial charge >= 0.3 is 11.9 Å². The summed E-state index contributed by atoms with van der Waals surface area (Å²) in [6, 6.07) is 0. The summed E-state index contributed by atoms with van der Waals surface area (Å²) in [6.07, 6.45) is 21.8. The number of carboxylic acids is 1. The molecule has 0 bridgehead atoms. The van der Waals surface area contributed by atoms with E-state index in [2.05, 4.69) is 39.1 Å². The standard InChI is InChI=1S/C18H39N.C8H15NO2.C6H10O2/c1-4-5-6-7-8-9-10-11-12-13-14-15-16-17-18-19(2)3;1-7(2)8(10)11-6-5-9(3)4;1-3-4-5(2)6(7)8/h4-18H2,1-3H3;1,5-6H2,2-4H3;2-4H2,1H3,(H,7,8). The van der Waals surface area contributed by atoms with E-state index >= 15 is 0 Å². The smallest absolute Gasteiger partial charge is 0.333 e. The van der Waals surface area contributed by atoms with Crippen molar-refractivity contribution in [3.05, 3.63) is 24.3 Å². The molecule has 0 fully saturated rings. The first-order valence-electron chi connectivity index (χ1n) is 15.0. The van der Waals surface area contributed by atoms with Gasteiger partial charge in [-0.2, -0.15) is 0 Å². The van der Waals surface area contributed by atoms with E-state index in [4.69, 9.17) is 9.84 Å². The molecule has 0 aromatic heterocycles. The van der Waals surface area contributed by atoms with Crippen LogP contribution in [0.2, 0.25) is 0 Å². The van der Waals surface area contributed by atoms with E-state index in [1.807, 2.05) is 25.9 Å². The summed E-state index contributed by atoms with van der Waals surface area (Å²) in [4.78, 5) is 25.0. The minimum atomic E-state index is -0.883. The van der Waals surface area contributed by atoms with Gasteiger partial charge in [0, 0.05) is 17.7 Å². The second kappa shape index (κ2) is 31.6. The molecule has 0 atom stereocenters. The van der Waals surface area contributed by atoms with Crippen molar-refractivity contribution in [2.45, 2.75) is 124 Å². The number of carboxylic acid groups (broad SMARTS) is 1. The zero-order valence-electron chi connectivity index (χ0n) is 26.4. The Kier molecular flexibility index (Phi) is 33.9. The second-order valence-corrected chi connectivity index (χ2v) is 10.8. The Balaban J connectivity index is -0.000000543. The summed E-state index contributed by atoms with van der Waals surface area (Å²) in [5, 5.41) is 8.21. The molecule has 0 aromatic rings. The molecule has 1 N–H and O–H groups in total. The Hall–Kier alpha value is -1.66. The molecule has 0 aliphatic rings. The van der Waals surface area contributed by atoms with Crippen LogP contribution in [-0.4, -0.2) is 74.7 Å². The number of carbonyl (C=O) groups excluding carboxylic acids is 1. The predicted octanol–water partition coefficient (Wildman–Crippen LogP) is 8.12. The fourth-order valence-corrected chi connectivity index (χ4v) is 3.48. The van der Waals surface area contributed by atoms with Crippen molar-refractivity contribution in [2.24, 2.45) is 0 Å². The van der Waals surface area contributed by atoms with Crippen molar-refractivity contribution in [2.75, 3.05) is 47.9 Å². The number of hydrogen-bond donors (Lipinski definition) is 1. The summed E-state index contributed by atoms with van der Waals surface area (Å²) in [5.41, 5.74) is 0.747. The van der Waals surface area contributed by atoms with Gasteiger partial charge in [-0.05, 0) is 54.5 Å². The molecule has 6 heteroatoms. The fourth-order valence-electron chi connectivity index (χ4n) is 3.48. The predicted molar refractivity (Wildman–Crippen MR) is 165 cm³/mol. The van der Waals surface area contributed by atoms with Crippen LogP contribution in [0.3, 0.4) is 0 Å². The summed E-state index contributed by atoms with van der Waals surface area (Å²) >= 11 is 0. The highest BCUT2D eigenvalue weighted by Gasteiger charge is 2.02. The van der Waals surface area contributed by atoms with Crippen LogP contribution in [0.15, 0.2) is 24.3 Å². The highest BCUT2D eigenvalue weighted by Crippen LogP contribution is 2.12. The van der Waals surface area contributed by atoms with Gasteiger partial charge < -0.3 is 19.6 Å². The van der Waals surface area contributed by atoms with Crippen molar-refractivity contribution in [1.29, 1.82) is 0 Å². The number of hydrogen-bond acceptors (Lipinski definition) is 5. The summed E-state index contributed by atoms with van der Waals surface area (Å²) in [5.74, 6) is -1.20. The molecular formula is C32H64N2O4. The number of nitrogens with zero attached hydrogens (tertiary/aromatic N) is 2. The van der Waals surface area contributed by atoms with Crippen molar-refractivity contribution >= 4 is 11.9 Å². The molecule has 38 heavy (non-hydrogen) atoms. The zero-order valence-corrected chi connectivity index (χ0v) is 26.4. The number of likely N-dealkylation sites (N-methyl/N-ethyl adjacent to an activating group) is 1. The summed E-state index contributed by atoms with van der Waals surface area (Å²) in [6.45, 7) is 15.1. The van der Waals surface area contributed by atoms with Crippen LogP contribution in [0, 0.1) is 0 Å². The van der Waals surface area contributed by atoms with Gasteiger partial charge in [-0.25, -0.2) is 9.59 Å². The molecule has 0 heterocycles. The van der Waals surface area contributed by atoms with Crippen LogP contribution in [0.25, 0.3) is 0 Å². The average molecular weight is 541 g/mol. The maximum Gasteiger partial charge on any atom is 0.333 e. The molecule has 0 spiro atoms. The largest absolute Gasteiger partial charge is 0.478 e. The van der Waals surface area contributed by atoms with E-state index in [0.29, 0.717) is 24.2 Å². The van der Waals surface area contributed by atoms with Gasteiger partial charge in [-0.1, -0.05) is 117 Å². The molecular weight excluding hydrogens is 476 g/mol. The number of ether oxygens (including phenoxy) is 1. The minimum absolute atomic E-state index is 0.299. The molecule has 0 amide bonds. The zero-order chi connectivity index (χ0) is 29.6. The molecule has 0 aliphatic carbocycles. The van der Waals surface area contributed by atoms with Crippen molar-refractivity contribution in [1.82, 2.24) is 9.80 Å². The minimum Gasteiger partial charge on any atom is -0.478 e. The van der Waals surface area contributed by atoms with Gasteiger partial charge in [0.1, 0.15) is 6.61 Å². The molecule has 0 unspecified atom stereocenters. The molecule has 6 nitrogen and oxygen atoms in total. The first-order valence-corrected chi connectivity index (χ1v) is 15.0. The Morgan fingerprint density at radius 1 is 0.658 bits per heavy atom. The van der Waals surface area contributed by atoms with E-state index in [-0.39, 0.29) is 5.97 Å². The normalized spacial score (nSPS) is 10.3. The molecule has 0 radical (unpaired) electrons. The Morgan fingerprint density at radius 2 is 1.05 bits per heavy atom. The quantitative estimate of drug-likeness (QED) is 0.0849. The lowest BCUT2D eigenvalue weighted by atomic mass is 10.0. The molecule has 226 valence electrons. The van der Waals surface area contributed by atoms with Gasteiger partial charge in [0.05, 0.1) is 0 Å². The second-order valence-electron chi connectivity index (χ2n) is 10.8. The van der Waals surface area contributed by atoms with E-state index in [1.165, 1.54) is 96.4 Å². The van der Waals surface area contributed by atoms with E-state index < -0.39 is 5.97 Å². The molecule has 0 saturated heterocycles. The lowest BCUT2D eigenvalue weighted by Gasteiger charge is -2.09.